The van der Waals surface area contributed by atoms with Crippen molar-refractivity contribution in [1.29, 1.82) is 5.26 Å². The Hall–Kier alpha value is -2.40. The lowest BCUT2D eigenvalue weighted by molar-refractivity contribution is -0.117. The van der Waals surface area contributed by atoms with Crippen LogP contribution in [0, 0.1) is 14.9 Å². The van der Waals surface area contributed by atoms with Crippen LogP contribution in [0.2, 0.25) is 0 Å². The van der Waals surface area contributed by atoms with Gasteiger partial charge in [0.15, 0.2) is 0 Å². The highest BCUT2D eigenvalue weighted by molar-refractivity contribution is 14.1. The molecule has 1 amide bonds. The van der Waals surface area contributed by atoms with E-state index < -0.39 is 5.91 Å². The molecule has 1 aromatic carbocycles. The van der Waals surface area contributed by atoms with E-state index in [4.69, 9.17) is 5.26 Å². The Morgan fingerprint density at radius 1 is 1.32 bits per heavy atom. The van der Waals surface area contributed by atoms with E-state index in [1.165, 1.54) is 6.20 Å². The molecule has 0 fully saturated rings. The van der Waals surface area contributed by atoms with Crippen molar-refractivity contribution < 1.29 is 4.79 Å². The molecule has 0 spiro atoms. The number of benzene rings is 1. The molecule has 0 saturated carbocycles. The van der Waals surface area contributed by atoms with E-state index in [-0.39, 0.29) is 5.57 Å². The maximum absolute atomic E-state index is 12.0. The molecule has 0 aliphatic heterocycles. The monoisotopic (exact) mass is 404 g/mol. The van der Waals surface area contributed by atoms with Gasteiger partial charge in [-0.2, -0.15) is 5.26 Å². The van der Waals surface area contributed by atoms with Crippen molar-refractivity contribution in [2.75, 3.05) is 5.32 Å². The Bertz CT molecular complexity index is 705. The van der Waals surface area contributed by atoms with Gasteiger partial charge >= 0.3 is 0 Å². The minimum Gasteiger partial charge on any atom is -0.360 e. The van der Waals surface area contributed by atoms with Gasteiger partial charge in [0.1, 0.15) is 11.6 Å². The molecule has 2 aromatic rings. The van der Waals surface area contributed by atoms with Crippen molar-refractivity contribution in [1.82, 2.24) is 10.3 Å². The van der Waals surface area contributed by atoms with Gasteiger partial charge in [-0.15, -0.1) is 0 Å². The van der Waals surface area contributed by atoms with Gasteiger partial charge in [0, 0.05) is 34.4 Å². The number of carbonyl (C=O) groups excluding carboxylic acids is 1. The number of carbonyl (C=O) groups is 1. The van der Waals surface area contributed by atoms with E-state index in [0.29, 0.717) is 6.54 Å². The van der Waals surface area contributed by atoms with Gasteiger partial charge in [-0.25, -0.2) is 0 Å². The zero-order valence-corrected chi connectivity index (χ0v) is 13.7. The SMILES string of the molecule is N#C/C(=C/Nc1ccc(I)cc1)C(=O)NCc1cccnc1. The third kappa shape index (κ3) is 4.86. The van der Waals surface area contributed by atoms with Crippen molar-refractivity contribution in [2.45, 2.75) is 6.54 Å². The maximum atomic E-state index is 12.0. The van der Waals surface area contributed by atoms with Crippen LogP contribution < -0.4 is 10.6 Å². The zero-order valence-electron chi connectivity index (χ0n) is 11.6. The van der Waals surface area contributed by atoms with Gasteiger partial charge in [0.2, 0.25) is 0 Å². The van der Waals surface area contributed by atoms with Crippen molar-refractivity contribution in [2.24, 2.45) is 0 Å². The summed E-state index contributed by atoms with van der Waals surface area (Å²) in [6.07, 6.45) is 4.73. The summed E-state index contributed by atoms with van der Waals surface area (Å²) in [6.45, 7) is 0.329. The molecule has 22 heavy (non-hydrogen) atoms. The standard InChI is InChI=1S/C16H13IN4O/c17-14-3-5-15(6-4-14)20-11-13(8-18)16(22)21-10-12-2-1-7-19-9-12/h1-7,9,11,20H,10H2,(H,21,22)/b13-11-. The summed E-state index contributed by atoms with van der Waals surface area (Å²) in [4.78, 5) is 15.9. The second-order valence-electron chi connectivity index (χ2n) is 4.36. The van der Waals surface area contributed by atoms with Crippen molar-refractivity contribution in [3.8, 4) is 6.07 Å². The van der Waals surface area contributed by atoms with Gasteiger partial charge in [-0.1, -0.05) is 6.07 Å². The lowest BCUT2D eigenvalue weighted by Gasteiger charge is -2.05. The van der Waals surface area contributed by atoms with E-state index in [2.05, 4.69) is 38.2 Å². The fourth-order valence-corrected chi connectivity index (χ4v) is 1.99. The van der Waals surface area contributed by atoms with Crippen LogP contribution in [0.1, 0.15) is 5.56 Å². The molecule has 5 nitrogen and oxygen atoms in total. The molecule has 0 atom stereocenters. The number of halogens is 1. The first-order valence-corrected chi connectivity index (χ1v) is 7.56. The number of nitriles is 1. The van der Waals surface area contributed by atoms with E-state index in [1.807, 2.05) is 36.4 Å². The molecule has 0 bridgehead atoms. The van der Waals surface area contributed by atoms with Crippen molar-refractivity contribution >= 4 is 34.2 Å². The number of nitrogens with zero attached hydrogens (tertiary/aromatic N) is 2. The molecule has 0 radical (unpaired) electrons. The second kappa shape index (κ2) is 8.14. The molecule has 1 heterocycles. The van der Waals surface area contributed by atoms with Gasteiger partial charge in [-0.05, 0) is 58.5 Å². The first kappa shape index (κ1) is 16.0. The Morgan fingerprint density at radius 2 is 2.09 bits per heavy atom. The smallest absolute Gasteiger partial charge is 0.263 e. The van der Waals surface area contributed by atoms with Crippen LogP contribution in [-0.2, 0) is 11.3 Å². The molecule has 0 aliphatic rings. The predicted octanol–water partition coefficient (Wildman–Crippen LogP) is 2.82. The van der Waals surface area contributed by atoms with Gasteiger partial charge < -0.3 is 10.6 Å². The lowest BCUT2D eigenvalue weighted by Crippen LogP contribution is -2.24. The third-order valence-corrected chi connectivity index (χ3v) is 3.49. The molecule has 2 rings (SSSR count). The predicted molar refractivity (Wildman–Crippen MR) is 92.6 cm³/mol. The normalized spacial score (nSPS) is 10.6. The van der Waals surface area contributed by atoms with Crippen LogP contribution in [0.4, 0.5) is 5.69 Å². The highest BCUT2D eigenvalue weighted by Crippen LogP contribution is 2.11. The summed E-state index contributed by atoms with van der Waals surface area (Å²) in [6, 6.07) is 13.2. The van der Waals surface area contributed by atoms with Crippen LogP contribution in [0.5, 0.6) is 0 Å². The summed E-state index contributed by atoms with van der Waals surface area (Å²) in [5.74, 6) is -0.427. The minimum absolute atomic E-state index is 0.0161. The van der Waals surface area contributed by atoms with Gasteiger partial charge in [-0.3, -0.25) is 9.78 Å². The minimum atomic E-state index is -0.427. The quantitative estimate of drug-likeness (QED) is 0.457. The molecule has 0 saturated heterocycles. The van der Waals surface area contributed by atoms with Crippen LogP contribution in [0.15, 0.2) is 60.6 Å². The average Bonchev–Trinajstić information content (AvgIpc) is 2.56. The first-order valence-electron chi connectivity index (χ1n) is 6.48. The highest BCUT2D eigenvalue weighted by atomic mass is 127. The number of amides is 1. The Kier molecular flexibility index (Phi) is 5.91. The lowest BCUT2D eigenvalue weighted by atomic mass is 10.2. The highest BCUT2D eigenvalue weighted by Gasteiger charge is 2.08. The third-order valence-electron chi connectivity index (χ3n) is 2.77. The molecular weight excluding hydrogens is 391 g/mol. The first-order chi connectivity index (χ1) is 10.7. The van der Waals surface area contributed by atoms with E-state index >= 15 is 0 Å². The fraction of sp³-hybridized carbons (Fsp3) is 0.0625. The summed E-state index contributed by atoms with van der Waals surface area (Å²) in [7, 11) is 0. The van der Waals surface area contributed by atoms with Crippen LogP contribution >= 0.6 is 22.6 Å². The maximum Gasteiger partial charge on any atom is 0.263 e. The molecule has 1 aromatic heterocycles. The fourth-order valence-electron chi connectivity index (χ4n) is 1.63. The van der Waals surface area contributed by atoms with Crippen LogP contribution in [0.25, 0.3) is 0 Å². The summed E-state index contributed by atoms with van der Waals surface area (Å²) in [5.41, 5.74) is 1.70. The van der Waals surface area contributed by atoms with E-state index in [1.54, 1.807) is 18.5 Å². The Morgan fingerprint density at radius 3 is 2.73 bits per heavy atom. The molecule has 6 heteroatoms. The Labute approximate surface area is 142 Å². The topological polar surface area (TPSA) is 77.8 Å². The van der Waals surface area contributed by atoms with Crippen molar-refractivity contribution in [3.63, 3.8) is 0 Å². The van der Waals surface area contributed by atoms with E-state index in [0.717, 1.165) is 14.8 Å². The van der Waals surface area contributed by atoms with Crippen LogP contribution in [-0.4, -0.2) is 10.9 Å². The average molecular weight is 404 g/mol. The number of rotatable bonds is 5. The van der Waals surface area contributed by atoms with E-state index in [9.17, 15) is 4.79 Å². The van der Waals surface area contributed by atoms with Crippen molar-refractivity contribution in [3.05, 3.63) is 69.7 Å². The van der Waals surface area contributed by atoms with Gasteiger partial charge in [0.05, 0.1) is 0 Å². The number of aromatic nitrogens is 1. The molecule has 110 valence electrons. The molecular formula is C16H13IN4O. The summed E-state index contributed by atoms with van der Waals surface area (Å²) in [5, 5.41) is 14.7. The zero-order chi connectivity index (χ0) is 15.8. The van der Waals surface area contributed by atoms with Crippen LogP contribution in [0.3, 0.4) is 0 Å². The molecule has 0 aliphatic carbocycles. The number of pyridine rings is 1. The largest absolute Gasteiger partial charge is 0.360 e. The molecule has 0 unspecified atom stereocenters. The Balaban J connectivity index is 1.95. The van der Waals surface area contributed by atoms with Gasteiger partial charge in [0.25, 0.3) is 5.91 Å². The number of hydrogen-bond donors (Lipinski definition) is 2. The summed E-state index contributed by atoms with van der Waals surface area (Å²) >= 11 is 2.21. The second-order valence-corrected chi connectivity index (χ2v) is 5.61. The number of hydrogen-bond acceptors (Lipinski definition) is 4. The number of anilines is 1. The number of nitrogens with one attached hydrogen (secondary N) is 2. The summed E-state index contributed by atoms with van der Waals surface area (Å²) < 4.78 is 1.11. The molecule has 2 N–H and O–H groups in total.